The zero-order valence-corrected chi connectivity index (χ0v) is 11.5. The van der Waals surface area contributed by atoms with Gasteiger partial charge in [-0.05, 0) is 30.5 Å². The summed E-state index contributed by atoms with van der Waals surface area (Å²) >= 11 is 0. The molecule has 1 amide bonds. The van der Waals surface area contributed by atoms with E-state index in [2.05, 4.69) is 0 Å². The van der Waals surface area contributed by atoms with Crippen molar-refractivity contribution in [2.45, 2.75) is 36.8 Å². The van der Waals surface area contributed by atoms with E-state index in [1.807, 2.05) is 19.3 Å². The van der Waals surface area contributed by atoms with Crippen LogP contribution >= 0.6 is 0 Å². The molecule has 18 heavy (non-hydrogen) atoms. The molecule has 1 rings (SSSR count). The van der Waals surface area contributed by atoms with Gasteiger partial charge in [-0.15, -0.1) is 0 Å². The molecular weight excluding hydrogens is 252 g/mol. The van der Waals surface area contributed by atoms with Crippen LogP contribution in [-0.2, 0) is 14.6 Å². The van der Waals surface area contributed by atoms with Gasteiger partial charge in [0.25, 0.3) is 5.91 Å². The maximum Gasteiger partial charge on any atom is 0.252 e. The van der Waals surface area contributed by atoms with Crippen LogP contribution in [0.25, 0.3) is 0 Å². The molecule has 0 spiro atoms. The van der Waals surface area contributed by atoms with Crippen LogP contribution in [0.4, 0.5) is 0 Å². The van der Waals surface area contributed by atoms with Gasteiger partial charge >= 0.3 is 0 Å². The standard InChI is InChI=1S/C12H18N2O3S/c1-8(2)10-4-6-11(7-5-10)18(16,17)9(3)12(15)14-13/h4-9H,13H2,1-3H3,(H,14,15)/t9-/m0/s1. The number of hydrazine groups is 1. The van der Waals surface area contributed by atoms with E-state index in [4.69, 9.17) is 5.84 Å². The van der Waals surface area contributed by atoms with Gasteiger partial charge in [0.1, 0.15) is 5.25 Å². The van der Waals surface area contributed by atoms with Crippen molar-refractivity contribution in [2.75, 3.05) is 0 Å². The Morgan fingerprint density at radius 2 is 1.67 bits per heavy atom. The number of hydrogen-bond acceptors (Lipinski definition) is 4. The molecule has 0 saturated carbocycles. The van der Waals surface area contributed by atoms with Gasteiger partial charge in [-0.25, -0.2) is 14.3 Å². The van der Waals surface area contributed by atoms with Crippen LogP contribution in [0.2, 0.25) is 0 Å². The molecule has 0 radical (unpaired) electrons. The number of nitrogens with one attached hydrogen (secondary N) is 1. The molecule has 1 atom stereocenters. The summed E-state index contributed by atoms with van der Waals surface area (Å²) in [5, 5.41) is -1.20. The normalized spacial score (nSPS) is 13.4. The fourth-order valence-electron chi connectivity index (χ4n) is 1.50. The summed E-state index contributed by atoms with van der Waals surface area (Å²) in [6, 6.07) is 6.55. The molecule has 0 aliphatic heterocycles. The molecule has 1 aromatic rings. The van der Waals surface area contributed by atoms with Gasteiger partial charge in [-0.1, -0.05) is 26.0 Å². The van der Waals surface area contributed by atoms with Crippen molar-refractivity contribution in [1.29, 1.82) is 0 Å². The number of rotatable bonds is 4. The number of nitrogens with two attached hydrogens (primary N) is 1. The van der Waals surface area contributed by atoms with Crippen molar-refractivity contribution in [2.24, 2.45) is 5.84 Å². The minimum atomic E-state index is -3.68. The highest BCUT2D eigenvalue weighted by atomic mass is 32.2. The summed E-state index contributed by atoms with van der Waals surface area (Å²) in [6.45, 7) is 5.36. The minimum Gasteiger partial charge on any atom is -0.293 e. The lowest BCUT2D eigenvalue weighted by molar-refractivity contribution is -0.120. The molecule has 0 aliphatic carbocycles. The van der Waals surface area contributed by atoms with E-state index in [9.17, 15) is 13.2 Å². The minimum absolute atomic E-state index is 0.128. The van der Waals surface area contributed by atoms with Crippen molar-refractivity contribution < 1.29 is 13.2 Å². The molecule has 0 unspecified atom stereocenters. The summed E-state index contributed by atoms with van der Waals surface area (Å²) < 4.78 is 24.2. The van der Waals surface area contributed by atoms with Gasteiger partial charge in [0.05, 0.1) is 4.90 Å². The highest BCUT2D eigenvalue weighted by Crippen LogP contribution is 2.20. The van der Waals surface area contributed by atoms with E-state index in [0.29, 0.717) is 5.92 Å². The zero-order valence-electron chi connectivity index (χ0n) is 10.7. The fraction of sp³-hybridized carbons (Fsp3) is 0.417. The molecule has 0 heterocycles. The number of amides is 1. The lowest BCUT2D eigenvalue weighted by Crippen LogP contribution is -2.41. The van der Waals surface area contributed by atoms with Gasteiger partial charge in [0, 0.05) is 0 Å². The first-order chi connectivity index (χ1) is 8.30. The maximum absolute atomic E-state index is 12.1. The fourth-order valence-corrected chi connectivity index (χ4v) is 2.78. The van der Waals surface area contributed by atoms with Crippen molar-refractivity contribution in [3.8, 4) is 0 Å². The van der Waals surface area contributed by atoms with E-state index in [-0.39, 0.29) is 4.90 Å². The number of sulfone groups is 1. The van der Waals surface area contributed by atoms with Crippen LogP contribution in [0.5, 0.6) is 0 Å². The monoisotopic (exact) mass is 270 g/mol. The molecule has 0 fully saturated rings. The number of carbonyl (C=O) groups excluding carboxylic acids is 1. The zero-order chi connectivity index (χ0) is 13.9. The summed E-state index contributed by atoms with van der Waals surface area (Å²) in [5.74, 6) is 4.55. The first-order valence-corrected chi connectivity index (χ1v) is 7.19. The van der Waals surface area contributed by atoms with Gasteiger partial charge in [0.2, 0.25) is 0 Å². The molecule has 0 saturated heterocycles. The second kappa shape index (κ2) is 5.49. The Morgan fingerprint density at radius 3 is 2.06 bits per heavy atom. The Morgan fingerprint density at radius 1 is 1.17 bits per heavy atom. The molecule has 0 bridgehead atoms. The number of hydrogen-bond donors (Lipinski definition) is 2. The quantitative estimate of drug-likeness (QED) is 0.484. The Labute approximate surface area is 107 Å². The second-order valence-corrected chi connectivity index (χ2v) is 6.69. The van der Waals surface area contributed by atoms with Crippen LogP contribution in [0, 0.1) is 0 Å². The molecule has 0 aromatic heterocycles. The van der Waals surface area contributed by atoms with E-state index in [0.717, 1.165) is 5.56 Å². The Balaban J connectivity index is 3.10. The van der Waals surface area contributed by atoms with Crippen LogP contribution in [0.1, 0.15) is 32.3 Å². The van der Waals surface area contributed by atoms with Crippen molar-refractivity contribution in [1.82, 2.24) is 5.43 Å². The van der Waals surface area contributed by atoms with Crippen molar-refractivity contribution in [3.05, 3.63) is 29.8 Å². The predicted octanol–water partition coefficient (Wildman–Crippen LogP) is 0.962. The van der Waals surface area contributed by atoms with Crippen molar-refractivity contribution in [3.63, 3.8) is 0 Å². The summed E-state index contributed by atoms with van der Waals surface area (Å²) in [7, 11) is -3.68. The lowest BCUT2D eigenvalue weighted by atomic mass is 10.0. The molecule has 0 aliphatic rings. The smallest absolute Gasteiger partial charge is 0.252 e. The Hall–Kier alpha value is -1.40. The SMILES string of the molecule is CC(C)c1ccc(S(=O)(=O)[C@@H](C)C(=O)NN)cc1. The first kappa shape index (κ1) is 14.7. The van der Waals surface area contributed by atoms with Gasteiger partial charge < -0.3 is 0 Å². The van der Waals surface area contributed by atoms with E-state index >= 15 is 0 Å². The summed E-state index contributed by atoms with van der Waals surface area (Å²) in [5.41, 5.74) is 2.90. The Bertz CT molecular complexity index is 521. The highest BCUT2D eigenvalue weighted by molar-refractivity contribution is 7.92. The topological polar surface area (TPSA) is 89.3 Å². The molecule has 5 nitrogen and oxygen atoms in total. The number of benzene rings is 1. The maximum atomic E-state index is 12.1. The number of carbonyl (C=O) groups is 1. The third-order valence-electron chi connectivity index (χ3n) is 2.85. The third kappa shape index (κ3) is 2.88. The lowest BCUT2D eigenvalue weighted by Gasteiger charge is -2.12. The first-order valence-electron chi connectivity index (χ1n) is 5.65. The van der Waals surface area contributed by atoms with E-state index < -0.39 is 21.0 Å². The Kier molecular flexibility index (Phi) is 4.48. The highest BCUT2D eigenvalue weighted by Gasteiger charge is 2.29. The molecule has 1 aromatic carbocycles. The molecular formula is C12H18N2O3S. The van der Waals surface area contributed by atoms with Gasteiger partial charge in [-0.3, -0.25) is 10.2 Å². The van der Waals surface area contributed by atoms with Crippen molar-refractivity contribution >= 4 is 15.7 Å². The van der Waals surface area contributed by atoms with E-state index in [1.54, 1.807) is 12.1 Å². The van der Waals surface area contributed by atoms with Crippen LogP contribution in [0.3, 0.4) is 0 Å². The summed E-state index contributed by atoms with van der Waals surface area (Å²) in [6.07, 6.45) is 0. The van der Waals surface area contributed by atoms with Gasteiger partial charge in [0.15, 0.2) is 9.84 Å². The van der Waals surface area contributed by atoms with Crippen LogP contribution < -0.4 is 11.3 Å². The third-order valence-corrected chi connectivity index (χ3v) is 4.93. The second-order valence-electron chi connectivity index (χ2n) is 4.42. The van der Waals surface area contributed by atoms with E-state index in [1.165, 1.54) is 19.1 Å². The predicted molar refractivity (Wildman–Crippen MR) is 69.5 cm³/mol. The average molecular weight is 270 g/mol. The van der Waals surface area contributed by atoms with Gasteiger partial charge in [-0.2, -0.15) is 0 Å². The molecule has 6 heteroatoms. The van der Waals surface area contributed by atoms with Crippen LogP contribution in [-0.4, -0.2) is 19.6 Å². The largest absolute Gasteiger partial charge is 0.293 e. The van der Waals surface area contributed by atoms with Crippen LogP contribution in [0.15, 0.2) is 29.2 Å². The summed E-state index contributed by atoms with van der Waals surface area (Å²) in [4.78, 5) is 11.4. The molecule has 3 N–H and O–H groups in total. The molecule has 100 valence electrons. The average Bonchev–Trinajstić information content (AvgIpc) is 2.36.